The first-order chi connectivity index (χ1) is 8.17. The third-order valence-corrected chi connectivity index (χ3v) is 2.22. The van der Waals surface area contributed by atoms with Crippen LogP contribution in [0, 0.1) is 0 Å². The van der Waals surface area contributed by atoms with Crippen LogP contribution in [0.15, 0.2) is 29.8 Å². The Bertz CT molecular complexity index is 379. The molecule has 1 N–H and O–H groups in total. The number of benzene rings is 1. The summed E-state index contributed by atoms with van der Waals surface area (Å²) in [5.41, 5.74) is 2.04. The zero-order chi connectivity index (χ0) is 12.7. The summed E-state index contributed by atoms with van der Waals surface area (Å²) in [6, 6.07) is 5.47. The summed E-state index contributed by atoms with van der Waals surface area (Å²) in [5, 5.41) is 9.06. The zero-order valence-electron chi connectivity index (χ0n) is 10.7. The highest BCUT2D eigenvalue weighted by Crippen LogP contribution is 2.28. The molecule has 0 aliphatic rings. The molecule has 0 aliphatic carbocycles. The van der Waals surface area contributed by atoms with Crippen molar-refractivity contribution in [1.82, 2.24) is 0 Å². The van der Waals surface area contributed by atoms with Gasteiger partial charge in [-0.15, -0.1) is 0 Å². The molecule has 3 heteroatoms. The molecule has 1 aromatic carbocycles. The van der Waals surface area contributed by atoms with E-state index in [2.05, 4.69) is 0 Å². The predicted octanol–water partition coefficient (Wildman–Crippen LogP) is 2.92. The van der Waals surface area contributed by atoms with Crippen molar-refractivity contribution in [2.45, 2.75) is 27.4 Å². The number of aliphatic hydroxyl groups excluding tert-OH is 1. The summed E-state index contributed by atoms with van der Waals surface area (Å²) >= 11 is 0. The van der Waals surface area contributed by atoms with Crippen LogP contribution in [0.3, 0.4) is 0 Å². The fourth-order valence-corrected chi connectivity index (χ4v) is 1.34. The Balaban J connectivity index is 2.78. The molecule has 0 saturated heterocycles. The average molecular weight is 236 g/mol. The van der Waals surface area contributed by atoms with Gasteiger partial charge in [0.2, 0.25) is 0 Å². The van der Waals surface area contributed by atoms with Crippen LogP contribution in [0.2, 0.25) is 0 Å². The van der Waals surface area contributed by atoms with Gasteiger partial charge in [0.05, 0.1) is 13.2 Å². The second-order valence-corrected chi connectivity index (χ2v) is 3.96. The van der Waals surface area contributed by atoms with E-state index in [9.17, 15) is 0 Å². The number of hydrogen-bond donors (Lipinski definition) is 1. The van der Waals surface area contributed by atoms with Crippen molar-refractivity contribution in [3.05, 3.63) is 35.4 Å². The molecule has 17 heavy (non-hydrogen) atoms. The predicted molar refractivity (Wildman–Crippen MR) is 68.5 cm³/mol. The summed E-state index contributed by atoms with van der Waals surface area (Å²) in [7, 11) is 0. The van der Waals surface area contributed by atoms with Gasteiger partial charge in [-0.1, -0.05) is 11.6 Å². The number of allylic oxidation sites excluding steroid dienone is 1. The van der Waals surface area contributed by atoms with Crippen molar-refractivity contribution in [3.8, 4) is 11.5 Å². The summed E-state index contributed by atoms with van der Waals surface area (Å²) in [5.74, 6) is 1.39. The van der Waals surface area contributed by atoms with E-state index < -0.39 is 0 Å². The van der Waals surface area contributed by atoms with E-state index in [1.54, 1.807) is 6.07 Å². The van der Waals surface area contributed by atoms with Crippen LogP contribution in [0.5, 0.6) is 11.5 Å². The fourth-order valence-electron chi connectivity index (χ4n) is 1.34. The van der Waals surface area contributed by atoms with Gasteiger partial charge in [0.1, 0.15) is 6.61 Å². The van der Waals surface area contributed by atoms with Crippen molar-refractivity contribution in [2.24, 2.45) is 0 Å². The zero-order valence-corrected chi connectivity index (χ0v) is 10.7. The maximum Gasteiger partial charge on any atom is 0.161 e. The Morgan fingerprint density at radius 2 is 2.00 bits per heavy atom. The lowest BCUT2D eigenvalue weighted by Gasteiger charge is -2.12. The van der Waals surface area contributed by atoms with Crippen molar-refractivity contribution in [2.75, 3.05) is 13.2 Å². The van der Waals surface area contributed by atoms with Gasteiger partial charge >= 0.3 is 0 Å². The van der Waals surface area contributed by atoms with Gasteiger partial charge in [-0.05, 0) is 44.5 Å². The first-order valence-corrected chi connectivity index (χ1v) is 5.80. The highest BCUT2D eigenvalue weighted by atomic mass is 16.5. The standard InChI is InChI=1S/C14H20O3/c1-4-16-14-9-12(10-15)5-6-13(14)17-8-7-11(2)3/h5-7,9,15H,4,8,10H2,1-3H3. The Labute approximate surface area is 103 Å². The first kappa shape index (κ1) is 13.6. The van der Waals surface area contributed by atoms with E-state index in [-0.39, 0.29) is 6.61 Å². The van der Waals surface area contributed by atoms with E-state index in [1.165, 1.54) is 5.57 Å². The number of ether oxygens (including phenoxy) is 2. The molecule has 0 unspecified atom stereocenters. The second kappa shape index (κ2) is 6.97. The van der Waals surface area contributed by atoms with Gasteiger partial charge in [-0.25, -0.2) is 0 Å². The Morgan fingerprint density at radius 1 is 1.24 bits per heavy atom. The molecule has 0 amide bonds. The monoisotopic (exact) mass is 236 g/mol. The van der Waals surface area contributed by atoms with E-state index >= 15 is 0 Å². The topological polar surface area (TPSA) is 38.7 Å². The number of hydrogen-bond acceptors (Lipinski definition) is 3. The minimum atomic E-state index is 0.00826. The lowest BCUT2D eigenvalue weighted by Crippen LogP contribution is -2.00. The molecular weight excluding hydrogens is 216 g/mol. The largest absolute Gasteiger partial charge is 0.490 e. The minimum absolute atomic E-state index is 0.00826. The van der Waals surface area contributed by atoms with Crippen LogP contribution in [0.25, 0.3) is 0 Å². The highest BCUT2D eigenvalue weighted by molar-refractivity contribution is 5.43. The Kier molecular flexibility index (Phi) is 5.57. The molecule has 0 fully saturated rings. The van der Waals surface area contributed by atoms with E-state index in [0.717, 1.165) is 5.56 Å². The lowest BCUT2D eigenvalue weighted by atomic mass is 10.2. The maximum atomic E-state index is 9.06. The average Bonchev–Trinajstić information content (AvgIpc) is 2.31. The third-order valence-electron chi connectivity index (χ3n) is 2.22. The molecule has 0 spiro atoms. The van der Waals surface area contributed by atoms with Gasteiger partial charge in [-0.2, -0.15) is 0 Å². The Morgan fingerprint density at radius 3 is 2.59 bits per heavy atom. The first-order valence-electron chi connectivity index (χ1n) is 5.80. The highest BCUT2D eigenvalue weighted by Gasteiger charge is 2.05. The van der Waals surface area contributed by atoms with Crippen LogP contribution < -0.4 is 9.47 Å². The van der Waals surface area contributed by atoms with Crippen LogP contribution in [-0.2, 0) is 6.61 Å². The number of aliphatic hydroxyl groups is 1. The van der Waals surface area contributed by atoms with Crippen molar-refractivity contribution in [3.63, 3.8) is 0 Å². The minimum Gasteiger partial charge on any atom is -0.490 e. The van der Waals surface area contributed by atoms with E-state index in [4.69, 9.17) is 14.6 Å². The molecule has 0 aliphatic heterocycles. The van der Waals surface area contributed by atoms with Gasteiger partial charge < -0.3 is 14.6 Å². The van der Waals surface area contributed by atoms with Gasteiger partial charge in [0.25, 0.3) is 0 Å². The molecule has 1 rings (SSSR count). The quantitative estimate of drug-likeness (QED) is 0.772. The van der Waals surface area contributed by atoms with Gasteiger partial charge in [-0.3, -0.25) is 0 Å². The summed E-state index contributed by atoms with van der Waals surface area (Å²) in [6.07, 6.45) is 2.01. The second-order valence-electron chi connectivity index (χ2n) is 3.96. The normalized spacial score (nSPS) is 9.88. The summed E-state index contributed by atoms with van der Waals surface area (Å²) in [4.78, 5) is 0. The molecule has 1 aromatic rings. The van der Waals surface area contributed by atoms with Crippen molar-refractivity contribution in [1.29, 1.82) is 0 Å². The van der Waals surface area contributed by atoms with Gasteiger partial charge in [0, 0.05) is 0 Å². The molecule has 0 aromatic heterocycles. The Hall–Kier alpha value is -1.48. The molecular formula is C14H20O3. The molecule has 0 radical (unpaired) electrons. The third kappa shape index (κ3) is 4.49. The van der Waals surface area contributed by atoms with Crippen LogP contribution in [-0.4, -0.2) is 18.3 Å². The smallest absolute Gasteiger partial charge is 0.161 e. The van der Waals surface area contributed by atoms with Crippen LogP contribution in [0.4, 0.5) is 0 Å². The molecule has 0 heterocycles. The molecule has 0 bridgehead atoms. The molecule has 94 valence electrons. The lowest BCUT2D eigenvalue weighted by molar-refractivity contribution is 0.276. The van der Waals surface area contributed by atoms with Crippen molar-refractivity contribution >= 4 is 0 Å². The van der Waals surface area contributed by atoms with E-state index in [0.29, 0.717) is 24.7 Å². The van der Waals surface area contributed by atoms with Gasteiger partial charge in [0.15, 0.2) is 11.5 Å². The molecule has 3 nitrogen and oxygen atoms in total. The fraction of sp³-hybridized carbons (Fsp3) is 0.429. The molecule has 0 atom stereocenters. The van der Waals surface area contributed by atoms with Crippen molar-refractivity contribution < 1.29 is 14.6 Å². The SMILES string of the molecule is CCOc1cc(CO)ccc1OCC=C(C)C. The molecule has 0 saturated carbocycles. The van der Waals surface area contributed by atoms with Crippen LogP contribution in [0.1, 0.15) is 26.3 Å². The van der Waals surface area contributed by atoms with Crippen LogP contribution >= 0.6 is 0 Å². The summed E-state index contributed by atoms with van der Waals surface area (Å²) < 4.78 is 11.1. The number of rotatable bonds is 6. The van der Waals surface area contributed by atoms with E-state index in [1.807, 2.05) is 39.0 Å². The maximum absolute atomic E-state index is 9.06. The summed E-state index contributed by atoms with van der Waals surface area (Å²) in [6.45, 7) is 7.10.